The zero-order chi connectivity index (χ0) is 59.0. The van der Waals surface area contributed by atoms with E-state index >= 15 is 0 Å². The minimum absolute atomic E-state index is 0.000782. The van der Waals surface area contributed by atoms with Crippen molar-refractivity contribution in [2.24, 2.45) is 14.1 Å². The molecule has 0 unspecified atom stereocenters. The first kappa shape index (κ1) is 61.5. The maximum Gasteiger partial charge on any atom is 0.340 e. The van der Waals surface area contributed by atoms with E-state index in [1.807, 2.05) is 46.8 Å². The molecule has 4 aromatic carbocycles. The number of nitrogens with zero attached hydrogens (tertiary/aromatic N) is 7. The molecule has 8 aromatic rings. The second-order valence-corrected chi connectivity index (χ2v) is 27.5. The van der Waals surface area contributed by atoms with Crippen LogP contribution in [0.4, 0.5) is 0 Å². The van der Waals surface area contributed by atoms with E-state index in [0.29, 0.717) is 5.69 Å². The monoisotopic (exact) mass is 1220 g/mol. The van der Waals surface area contributed by atoms with Crippen LogP contribution in [0.3, 0.4) is 0 Å². The second kappa shape index (κ2) is 23.6. The molecule has 0 spiro atoms. The fourth-order valence-corrected chi connectivity index (χ4v) is 12.6. The molecule has 20 nitrogen and oxygen atoms in total. The highest BCUT2D eigenvalue weighted by molar-refractivity contribution is 8.13. The molecule has 4 heterocycles. The van der Waals surface area contributed by atoms with Gasteiger partial charge in [0.05, 0.1) is 54.9 Å². The van der Waals surface area contributed by atoms with Gasteiger partial charge in [-0.1, -0.05) is 58.6 Å². The Labute approximate surface area is 472 Å². The number of benzene rings is 4. The zero-order valence-corrected chi connectivity index (χ0v) is 50.3. The number of ketones is 2. The first-order valence-corrected chi connectivity index (χ1v) is 31.7. The van der Waals surface area contributed by atoms with E-state index < -0.39 is 56.0 Å². The van der Waals surface area contributed by atoms with Gasteiger partial charge in [-0.2, -0.15) is 23.7 Å². The summed E-state index contributed by atoms with van der Waals surface area (Å²) in [6.45, 7) is 14.2. The van der Waals surface area contributed by atoms with E-state index in [2.05, 4.69) is 20.4 Å². The predicted octanol–water partition coefficient (Wildman–Crippen LogP) is 8.05. The molecule has 0 radical (unpaired) electrons. The fourth-order valence-electron chi connectivity index (χ4n) is 8.29. The van der Waals surface area contributed by atoms with Gasteiger partial charge in [0.1, 0.15) is 16.0 Å². The van der Waals surface area contributed by atoms with E-state index in [1.165, 1.54) is 74.2 Å². The Hall–Kier alpha value is -6.67. The van der Waals surface area contributed by atoms with E-state index in [0.717, 1.165) is 51.1 Å². The molecule has 0 atom stereocenters. The number of aromatic nitrogens is 8. The molecule has 0 aliphatic carbocycles. The molecule has 1 N–H and O–H groups in total. The van der Waals surface area contributed by atoms with Gasteiger partial charge in [-0.3, -0.25) is 33.5 Å². The van der Waals surface area contributed by atoms with Gasteiger partial charge in [-0.05, 0) is 116 Å². The minimum Gasteiger partial charge on any atom is -0.358 e. The lowest BCUT2D eigenvalue weighted by molar-refractivity contribution is 0.102. The Balaban J connectivity index is 0.000000220. The van der Waals surface area contributed by atoms with Crippen molar-refractivity contribution in [1.82, 2.24) is 39.1 Å². The number of H-pyrrole nitrogens is 1. The zero-order valence-electron chi connectivity index (χ0n) is 44.8. The van der Waals surface area contributed by atoms with Crippen LogP contribution in [0.1, 0.15) is 88.3 Å². The van der Waals surface area contributed by atoms with Gasteiger partial charge in [0.2, 0.25) is 17.4 Å². The number of hydrogen-bond donors (Lipinski definition) is 1. The van der Waals surface area contributed by atoms with Gasteiger partial charge in [0.25, 0.3) is 14.6 Å². The van der Waals surface area contributed by atoms with E-state index in [9.17, 15) is 48.1 Å². The maximum atomic E-state index is 13.8. The number of hydrogen-bond acceptors (Lipinski definition) is 15. The Morgan fingerprint density at radius 3 is 1.34 bits per heavy atom. The molecule has 79 heavy (non-hydrogen) atoms. The van der Waals surface area contributed by atoms with Crippen molar-refractivity contribution in [2.75, 3.05) is 12.5 Å². The summed E-state index contributed by atoms with van der Waals surface area (Å²) in [5, 5.41) is 15.6. The lowest BCUT2D eigenvalue weighted by Gasteiger charge is -2.15. The summed E-state index contributed by atoms with van der Waals surface area (Å²) < 4.78 is 108. The maximum absolute atomic E-state index is 13.8. The fraction of sp³-hybridized carbons (Fsp3) is 0.269. The standard InChI is InChI=1S/C26H27ClN4O6S2.C19H21ClN4O4S.C7H7ClO2S/c1-15-7-9-19(10-8-15)39(35,36)37-26-23(18(4)29-30(26)5)25(32)20-11-12-22(38(6,33)34)21(24(20)27)14-31-17(3)13-16(2)28-31;1-10-8-11(2)24(21-10)9-14-15(29(5,27)28)7-6-13(17(14)20)18(25)16-12(3)22-23(4)19(16)26;1-6-2-4-7(5-3-6)11(8,9)10/h7-13H,14H2,1-6H3;6-8,22H,9H2,1-5H3;2-5H,1H3. The SMILES string of the molecule is Cc1cc(C)n(Cc2c(S(C)(=O)=O)ccc(C(=O)c3c(C)[nH]n(C)c3=O)c2Cl)n1.Cc1ccc(S(=O)(=O)Cl)cc1.Cc1ccc(S(=O)(=O)Oc2c(C(=O)c3ccc(S(C)(=O)=O)c(Cn4nc(C)cc4C)c3Cl)c(C)nn2C)cc1. The summed E-state index contributed by atoms with van der Waals surface area (Å²) in [5.74, 6) is -1.53. The van der Waals surface area contributed by atoms with Crippen molar-refractivity contribution in [3.8, 4) is 5.88 Å². The van der Waals surface area contributed by atoms with Crippen LogP contribution in [0.25, 0.3) is 0 Å². The summed E-state index contributed by atoms with van der Waals surface area (Å²) in [6, 6.07) is 21.4. The molecule has 4 aromatic heterocycles. The average Bonchev–Trinajstić information content (AvgIpc) is 4.02. The number of halogens is 3. The number of aryl methyl sites for hydroxylation is 10. The molecule has 420 valence electrons. The third-order valence-corrected chi connectivity index (χ3v) is 18.0. The topological polar surface area (TPSA) is 271 Å². The third kappa shape index (κ3) is 14.0. The highest BCUT2D eigenvalue weighted by Gasteiger charge is 2.32. The Kier molecular flexibility index (Phi) is 18.4. The van der Waals surface area contributed by atoms with Crippen molar-refractivity contribution in [3.63, 3.8) is 0 Å². The first-order chi connectivity index (χ1) is 36.5. The number of rotatable bonds is 14. The summed E-state index contributed by atoms with van der Waals surface area (Å²) in [4.78, 5) is 39.3. The average molecular weight is 1220 g/mol. The summed E-state index contributed by atoms with van der Waals surface area (Å²) in [7, 11) is -7.13. The largest absolute Gasteiger partial charge is 0.358 e. The van der Waals surface area contributed by atoms with Crippen molar-refractivity contribution in [2.45, 2.75) is 88.1 Å². The first-order valence-electron chi connectivity index (χ1n) is 23.5. The highest BCUT2D eigenvalue weighted by Crippen LogP contribution is 2.35. The van der Waals surface area contributed by atoms with E-state index in [1.54, 1.807) is 47.5 Å². The minimum atomic E-state index is -4.30. The van der Waals surface area contributed by atoms with Gasteiger partial charge in [0.15, 0.2) is 19.7 Å². The molecule has 0 amide bonds. The van der Waals surface area contributed by atoms with E-state index in [-0.39, 0.29) is 87.7 Å². The summed E-state index contributed by atoms with van der Waals surface area (Å²) >= 11 is 13.3. The molecule has 27 heteroatoms. The molecule has 0 bridgehead atoms. The van der Waals surface area contributed by atoms with Crippen LogP contribution in [0.15, 0.2) is 109 Å². The normalized spacial score (nSPS) is 11.9. The van der Waals surface area contributed by atoms with Crippen LogP contribution in [-0.4, -0.2) is 96.9 Å². The molecule has 8 rings (SSSR count). The van der Waals surface area contributed by atoms with Crippen molar-refractivity contribution < 1.29 is 47.4 Å². The Morgan fingerprint density at radius 2 is 0.987 bits per heavy atom. The molecular formula is C52H55Cl3N8O12S4. The third-order valence-electron chi connectivity index (χ3n) is 12.2. The molecule has 0 saturated carbocycles. The second-order valence-electron chi connectivity index (χ2n) is 18.6. The van der Waals surface area contributed by atoms with Crippen molar-refractivity contribution >= 4 is 84.3 Å². The number of nitrogens with one attached hydrogen (secondary N) is 1. The number of aromatic amines is 1. The number of sulfone groups is 2. The molecule has 0 aliphatic rings. The van der Waals surface area contributed by atoms with E-state index in [4.69, 9.17) is 38.1 Å². The van der Waals surface area contributed by atoms with Gasteiger partial charge in [-0.25, -0.2) is 29.9 Å². The van der Waals surface area contributed by atoms with Crippen LogP contribution in [0, 0.1) is 55.4 Å². The lowest BCUT2D eigenvalue weighted by atomic mass is 10.0. The highest BCUT2D eigenvalue weighted by atomic mass is 35.7. The van der Waals surface area contributed by atoms with Crippen molar-refractivity contribution in [3.05, 3.63) is 184 Å². The lowest BCUT2D eigenvalue weighted by Crippen LogP contribution is -2.20. The summed E-state index contributed by atoms with van der Waals surface area (Å²) in [6.07, 6.45) is 2.13. The number of carbonyl (C=O) groups excluding carboxylic acids is 2. The van der Waals surface area contributed by atoms with Crippen LogP contribution in [0.5, 0.6) is 5.88 Å². The van der Waals surface area contributed by atoms with Crippen LogP contribution >= 0.6 is 33.9 Å². The predicted molar refractivity (Wildman–Crippen MR) is 300 cm³/mol. The van der Waals surface area contributed by atoms with Crippen LogP contribution < -0.4 is 9.74 Å². The van der Waals surface area contributed by atoms with Gasteiger partial charge in [0, 0.05) is 76.6 Å². The summed E-state index contributed by atoms with van der Waals surface area (Å²) in [5.41, 5.74) is 5.47. The molecule has 0 aliphatic heterocycles. The Bertz CT molecular complexity index is 4240. The van der Waals surface area contributed by atoms with Crippen LogP contribution in [-0.2, 0) is 66.0 Å². The van der Waals surface area contributed by atoms with Crippen LogP contribution in [0.2, 0.25) is 10.0 Å². The molecule has 0 saturated heterocycles. The number of carbonyl (C=O) groups is 2. The Morgan fingerprint density at radius 1 is 0.582 bits per heavy atom. The molecule has 0 fully saturated rings. The molecular weight excluding hydrogens is 1160 g/mol. The van der Waals surface area contributed by atoms with Crippen molar-refractivity contribution in [1.29, 1.82) is 0 Å². The van der Waals surface area contributed by atoms with Gasteiger partial charge >= 0.3 is 10.1 Å². The smallest absolute Gasteiger partial charge is 0.340 e. The van der Waals surface area contributed by atoms with Gasteiger partial charge in [-0.15, -0.1) is 0 Å². The van der Waals surface area contributed by atoms with Gasteiger partial charge < -0.3 is 4.18 Å². The quantitative estimate of drug-likeness (QED) is 0.0613.